The molecule has 0 spiro atoms. The lowest BCUT2D eigenvalue weighted by atomic mass is 10.2. The first kappa shape index (κ1) is 14.5. The SMILES string of the molecule is Clc1ccccc1-c1nnc2sc(-c3ccc4ccccc4n3)nn12. The largest absolute Gasteiger partial charge is 0.245 e. The van der Waals surface area contributed by atoms with Gasteiger partial charge in [0.25, 0.3) is 0 Å². The van der Waals surface area contributed by atoms with Crippen LogP contribution < -0.4 is 0 Å². The molecular weight excluding hydrogens is 354 g/mol. The van der Waals surface area contributed by atoms with Crippen LogP contribution in [0.25, 0.3) is 38.0 Å². The van der Waals surface area contributed by atoms with Crippen LogP contribution in [-0.2, 0) is 0 Å². The van der Waals surface area contributed by atoms with Gasteiger partial charge < -0.3 is 0 Å². The fourth-order valence-electron chi connectivity index (χ4n) is 2.72. The Morgan fingerprint density at radius 3 is 2.64 bits per heavy atom. The average Bonchev–Trinajstić information content (AvgIpc) is 3.23. The molecule has 3 heterocycles. The molecule has 0 aliphatic heterocycles. The van der Waals surface area contributed by atoms with Gasteiger partial charge in [-0.25, -0.2) is 4.98 Å². The minimum atomic E-state index is 0.621. The molecule has 0 unspecified atom stereocenters. The van der Waals surface area contributed by atoms with E-state index in [4.69, 9.17) is 16.6 Å². The van der Waals surface area contributed by atoms with Gasteiger partial charge in [0.1, 0.15) is 5.69 Å². The molecule has 0 aliphatic carbocycles. The van der Waals surface area contributed by atoms with Gasteiger partial charge in [0.2, 0.25) is 4.96 Å². The van der Waals surface area contributed by atoms with E-state index < -0.39 is 0 Å². The van der Waals surface area contributed by atoms with Crippen molar-refractivity contribution in [3.63, 3.8) is 0 Å². The van der Waals surface area contributed by atoms with E-state index in [0.29, 0.717) is 15.8 Å². The van der Waals surface area contributed by atoms with E-state index in [2.05, 4.69) is 21.4 Å². The standard InChI is InChI=1S/C18H10ClN5S/c19-13-7-3-2-6-12(13)16-21-22-18-24(16)23-17(25-18)15-10-9-11-5-1-4-8-14(11)20-15/h1-10H. The Kier molecular flexibility index (Phi) is 3.26. The minimum Gasteiger partial charge on any atom is -0.245 e. The number of hydrogen-bond donors (Lipinski definition) is 0. The summed E-state index contributed by atoms with van der Waals surface area (Å²) >= 11 is 7.74. The number of para-hydroxylation sites is 1. The van der Waals surface area contributed by atoms with E-state index in [-0.39, 0.29) is 0 Å². The van der Waals surface area contributed by atoms with Gasteiger partial charge in [0.05, 0.1) is 10.5 Å². The quantitative estimate of drug-likeness (QED) is 0.455. The van der Waals surface area contributed by atoms with Crippen molar-refractivity contribution in [2.45, 2.75) is 0 Å². The third-order valence-corrected chi connectivity index (χ3v) is 5.17. The van der Waals surface area contributed by atoms with Crippen LogP contribution in [0.15, 0.2) is 60.7 Å². The first-order valence-corrected chi connectivity index (χ1v) is 8.82. The summed E-state index contributed by atoms with van der Waals surface area (Å²) in [5.41, 5.74) is 2.57. The van der Waals surface area contributed by atoms with Crippen molar-refractivity contribution in [2.24, 2.45) is 0 Å². The Hall–Kier alpha value is -2.83. The molecule has 0 radical (unpaired) electrons. The summed E-state index contributed by atoms with van der Waals surface area (Å²) < 4.78 is 1.72. The Balaban J connectivity index is 1.67. The van der Waals surface area contributed by atoms with Gasteiger partial charge in [0, 0.05) is 10.9 Å². The average molecular weight is 364 g/mol. The third-order valence-electron chi connectivity index (χ3n) is 3.92. The summed E-state index contributed by atoms with van der Waals surface area (Å²) in [5, 5.41) is 15.6. The Labute approximate surface area is 151 Å². The van der Waals surface area contributed by atoms with Crippen molar-refractivity contribution in [3.05, 3.63) is 65.7 Å². The predicted octanol–water partition coefficient (Wildman–Crippen LogP) is 4.72. The summed E-state index contributed by atoms with van der Waals surface area (Å²) in [5.74, 6) is 0.629. The maximum atomic E-state index is 6.29. The number of pyridine rings is 1. The number of hydrogen-bond acceptors (Lipinski definition) is 5. The molecule has 5 rings (SSSR count). The third kappa shape index (κ3) is 2.38. The summed E-state index contributed by atoms with van der Waals surface area (Å²) in [4.78, 5) is 5.41. The highest BCUT2D eigenvalue weighted by atomic mass is 35.5. The molecule has 5 nitrogen and oxygen atoms in total. The molecule has 0 fully saturated rings. The van der Waals surface area contributed by atoms with Crippen molar-refractivity contribution in [3.8, 4) is 22.1 Å². The van der Waals surface area contributed by atoms with Crippen LogP contribution in [-0.4, -0.2) is 24.8 Å². The highest BCUT2D eigenvalue weighted by molar-refractivity contribution is 7.19. The van der Waals surface area contributed by atoms with Crippen molar-refractivity contribution in [2.75, 3.05) is 0 Å². The summed E-state index contributed by atoms with van der Waals surface area (Å²) in [7, 11) is 0. The van der Waals surface area contributed by atoms with Gasteiger partial charge in [-0.2, -0.15) is 9.61 Å². The monoisotopic (exact) mass is 363 g/mol. The van der Waals surface area contributed by atoms with Crippen LogP contribution in [0.1, 0.15) is 0 Å². The van der Waals surface area contributed by atoms with Crippen molar-refractivity contribution < 1.29 is 0 Å². The Bertz CT molecular complexity index is 1230. The molecule has 2 aromatic carbocycles. The number of fused-ring (bicyclic) bond motifs is 2. The topological polar surface area (TPSA) is 56.0 Å². The van der Waals surface area contributed by atoms with Crippen LogP contribution in [0.3, 0.4) is 0 Å². The van der Waals surface area contributed by atoms with Gasteiger partial charge in [-0.05, 0) is 24.3 Å². The Morgan fingerprint density at radius 1 is 0.880 bits per heavy atom. The number of nitrogens with zero attached hydrogens (tertiary/aromatic N) is 5. The van der Waals surface area contributed by atoms with Crippen LogP contribution >= 0.6 is 22.9 Å². The maximum absolute atomic E-state index is 6.29. The number of benzene rings is 2. The van der Waals surface area contributed by atoms with E-state index >= 15 is 0 Å². The Morgan fingerprint density at radius 2 is 1.72 bits per heavy atom. The molecule has 0 atom stereocenters. The fourth-order valence-corrected chi connectivity index (χ4v) is 3.75. The van der Waals surface area contributed by atoms with Crippen LogP contribution in [0.2, 0.25) is 5.02 Å². The second-order valence-electron chi connectivity index (χ2n) is 5.49. The molecule has 0 saturated carbocycles. The minimum absolute atomic E-state index is 0.621. The summed E-state index contributed by atoms with van der Waals surface area (Å²) in [6, 6.07) is 19.6. The van der Waals surface area contributed by atoms with Crippen molar-refractivity contribution in [1.82, 2.24) is 24.8 Å². The molecule has 3 aromatic heterocycles. The first-order chi connectivity index (χ1) is 12.3. The molecule has 0 aliphatic rings. The lowest BCUT2D eigenvalue weighted by Crippen LogP contribution is -1.92. The molecular formula is C18H10ClN5S. The molecule has 7 heteroatoms. The van der Waals surface area contributed by atoms with Gasteiger partial charge in [0.15, 0.2) is 10.8 Å². The lowest BCUT2D eigenvalue weighted by molar-refractivity contribution is 0.968. The normalized spacial score (nSPS) is 11.4. The smallest absolute Gasteiger partial charge is 0.235 e. The van der Waals surface area contributed by atoms with E-state index in [1.165, 1.54) is 11.3 Å². The van der Waals surface area contributed by atoms with Crippen LogP contribution in [0.5, 0.6) is 0 Å². The molecule has 0 amide bonds. The zero-order valence-electron chi connectivity index (χ0n) is 12.8. The zero-order valence-corrected chi connectivity index (χ0v) is 14.4. The molecule has 25 heavy (non-hydrogen) atoms. The summed E-state index contributed by atoms with van der Waals surface area (Å²) in [6.45, 7) is 0. The number of rotatable bonds is 2. The molecule has 120 valence electrons. The molecule has 0 bridgehead atoms. The fraction of sp³-hybridized carbons (Fsp3) is 0. The van der Waals surface area contributed by atoms with Crippen molar-refractivity contribution in [1.29, 1.82) is 0 Å². The highest BCUT2D eigenvalue weighted by Gasteiger charge is 2.16. The van der Waals surface area contributed by atoms with Gasteiger partial charge in [-0.15, -0.1) is 10.2 Å². The van der Waals surface area contributed by atoms with Crippen LogP contribution in [0, 0.1) is 0 Å². The van der Waals surface area contributed by atoms with Crippen LogP contribution in [0.4, 0.5) is 0 Å². The van der Waals surface area contributed by atoms with E-state index in [1.54, 1.807) is 4.52 Å². The molecule has 5 aromatic rings. The van der Waals surface area contributed by atoms with E-state index in [1.807, 2.05) is 54.6 Å². The second kappa shape index (κ2) is 5.61. The first-order valence-electron chi connectivity index (χ1n) is 7.63. The highest BCUT2D eigenvalue weighted by Crippen LogP contribution is 2.30. The van der Waals surface area contributed by atoms with Gasteiger partial charge in [-0.1, -0.05) is 59.3 Å². The van der Waals surface area contributed by atoms with E-state index in [0.717, 1.165) is 27.2 Å². The lowest BCUT2D eigenvalue weighted by Gasteiger charge is -2.00. The molecule has 0 N–H and O–H groups in total. The van der Waals surface area contributed by atoms with Crippen molar-refractivity contribution >= 4 is 38.8 Å². The number of halogens is 1. The van der Waals surface area contributed by atoms with Gasteiger partial charge >= 0.3 is 0 Å². The number of aromatic nitrogens is 5. The maximum Gasteiger partial charge on any atom is 0.235 e. The predicted molar refractivity (Wildman–Crippen MR) is 99.8 cm³/mol. The van der Waals surface area contributed by atoms with Gasteiger partial charge in [-0.3, -0.25) is 0 Å². The zero-order chi connectivity index (χ0) is 16.8. The molecule has 0 saturated heterocycles. The summed E-state index contributed by atoms with van der Waals surface area (Å²) in [6.07, 6.45) is 0. The second-order valence-corrected chi connectivity index (χ2v) is 6.86. The van der Waals surface area contributed by atoms with E-state index in [9.17, 15) is 0 Å².